The molecule has 0 unspecified atom stereocenters. The predicted molar refractivity (Wildman–Crippen MR) is 145 cm³/mol. The van der Waals surface area contributed by atoms with Gasteiger partial charge in [0.2, 0.25) is 5.89 Å². The number of aryl methyl sites for hydroxylation is 1. The molecule has 1 aliphatic rings. The number of halogens is 4. The van der Waals surface area contributed by atoms with Crippen molar-refractivity contribution < 1.29 is 27.1 Å². The summed E-state index contributed by atoms with van der Waals surface area (Å²) in [5.74, 6) is 0.0504. The molecule has 1 aliphatic carbocycles. The smallest absolute Gasteiger partial charge is 0.420 e. The highest BCUT2D eigenvalue weighted by Crippen LogP contribution is 2.42. The van der Waals surface area contributed by atoms with Crippen LogP contribution >= 0.6 is 0 Å². The van der Waals surface area contributed by atoms with Gasteiger partial charge in [0, 0.05) is 36.2 Å². The molecular weight excluding hydrogens is 538 g/mol. The van der Waals surface area contributed by atoms with Gasteiger partial charge in [0.05, 0.1) is 6.10 Å². The molecular formula is C30H27F4N5O2. The molecule has 3 aromatic carbocycles. The zero-order valence-corrected chi connectivity index (χ0v) is 22.5. The molecule has 2 N–H and O–H groups in total. The van der Waals surface area contributed by atoms with Gasteiger partial charge in [0.15, 0.2) is 11.4 Å². The van der Waals surface area contributed by atoms with Crippen LogP contribution in [-0.4, -0.2) is 37.0 Å². The summed E-state index contributed by atoms with van der Waals surface area (Å²) in [6, 6.07) is 13.9. The molecule has 7 nitrogen and oxygen atoms in total. The van der Waals surface area contributed by atoms with Crippen molar-refractivity contribution in [2.45, 2.75) is 45.1 Å². The average molecular weight is 566 g/mol. The molecule has 212 valence electrons. The highest BCUT2D eigenvalue weighted by atomic mass is 19.4. The molecule has 1 fully saturated rings. The van der Waals surface area contributed by atoms with E-state index in [1.54, 1.807) is 41.9 Å². The highest BCUT2D eigenvalue weighted by Gasteiger charge is 2.46. The Kier molecular flexibility index (Phi) is 6.46. The van der Waals surface area contributed by atoms with E-state index in [2.05, 4.69) is 20.5 Å². The predicted octanol–water partition coefficient (Wildman–Crippen LogP) is 6.36. The Labute approximate surface area is 232 Å². The average Bonchev–Trinajstić information content (AvgIpc) is 3.56. The number of alkyl halides is 3. The molecule has 11 heteroatoms. The Balaban J connectivity index is 1.38. The van der Waals surface area contributed by atoms with Crippen molar-refractivity contribution in [3.05, 3.63) is 77.9 Å². The first kappa shape index (κ1) is 27.1. The van der Waals surface area contributed by atoms with Crippen LogP contribution in [0.3, 0.4) is 0 Å². The van der Waals surface area contributed by atoms with Gasteiger partial charge in [0.25, 0.3) is 0 Å². The van der Waals surface area contributed by atoms with Crippen molar-refractivity contribution in [2.24, 2.45) is 12.5 Å². The van der Waals surface area contributed by atoms with Gasteiger partial charge in [-0.05, 0) is 59.5 Å². The van der Waals surface area contributed by atoms with Crippen LogP contribution in [0.15, 0.2) is 65.3 Å². The molecule has 41 heavy (non-hydrogen) atoms. The fourth-order valence-corrected chi connectivity index (χ4v) is 5.32. The van der Waals surface area contributed by atoms with E-state index in [0.29, 0.717) is 40.1 Å². The quantitative estimate of drug-likeness (QED) is 0.233. The van der Waals surface area contributed by atoms with Gasteiger partial charge in [-0.15, -0.1) is 10.2 Å². The second kappa shape index (κ2) is 9.78. The summed E-state index contributed by atoms with van der Waals surface area (Å²) in [6.45, 7) is 4.03. The summed E-state index contributed by atoms with van der Waals surface area (Å²) < 4.78 is 63.9. The maximum absolute atomic E-state index is 14.2. The topological polar surface area (TPSA) is 89.0 Å². The van der Waals surface area contributed by atoms with Crippen LogP contribution in [0.2, 0.25) is 0 Å². The molecule has 0 spiro atoms. The molecule has 1 saturated carbocycles. The Bertz CT molecular complexity index is 1760. The lowest BCUT2D eigenvalue weighted by molar-refractivity contribution is -0.136. The van der Waals surface area contributed by atoms with Crippen LogP contribution in [0.1, 0.15) is 31.4 Å². The van der Waals surface area contributed by atoms with Crippen LogP contribution in [0.4, 0.5) is 17.6 Å². The first-order chi connectivity index (χ1) is 19.4. The number of fused-ring (bicyclic) bond motifs is 1. The Hall–Kier alpha value is -4.09. The van der Waals surface area contributed by atoms with Crippen molar-refractivity contribution in [3.63, 3.8) is 0 Å². The molecule has 0 saturated heterocycles. The summed E-state index contributed by atoms with van der Waals surface area (Å²) in [6.07, 6.45) is -3.05. The van der Waals surface area contributed by atoms with Crippen molar-refractivity contribution >= 4 is 11.1 Å². The number of aromatic nitrogens is 4. The van der Waals surface area contributed by atoms with Gasteiger partial charge in [-0.3, -0.25) is 0 Å². The maximum atomic E-state index is 14.2. The molecule has 0 radical (unpaired) electrons. The van der Waals surface area contributed by atoms with E-state index < -0.39 is 23.7 Å². The number of hydrogen-bond donors (Lipinski definition) is 2. The number of aliphatic hydroxyl groups excluding tert-OH is 1. The fourth-order valence-electron chi connectivity index (χ4n) is 5.32. The molecule has 2 atom stereocenters. The van der Waals surface area contributed by atoms with Crippen molar-refractivity contribution in [3.8, 4) is 34.0 Å². The fraction of sp³-hybridized carbons (Fsp3) is 0.300. The molecule has 0 aliphatic heterocycles. The Morgan fingerprint density at radius 2 is 1.85 bits per heavy atom. The summed E-state index contributed by atoms with van der Waals surface area (Å²) in [5.41, 5.74) is 1.20. The van der Waals surface area contributed by atoms with Gasteiger partial charge < -0.3 is 19.4 Å². The normalized spacial score (nSPS) is 18.5. The lowest BCUT2D eigenvalue weighted by Gasteiger charge is -2.49. The van der Waals surface area contributed by atoms with Gasteiger partial charge in [-0.1, -0.05) is 32.0 Å². The minimum Gasteiger partial charge on any atom is -0.435 e. The number of rotatable bonds is 6. The van der Waals surface area contributed by atoms with Crippen LogP contribution in [-0.2, 0) is 19.8 Å². The van der Waals surface area contributed by atoms with Crippen molar-refractivity contribution in [2.75, 3.05) is 0 Å². The summed E-state index contributed by atoms with van der Waals surface area (Å²) >= 11 is 0. The molecule has 2 aromatic heterocycles. The van der Waals surface area contributed by atoms with E-state index in [4.69, 9.17) is 4.42 Å². The third-order valence-electron chi connectivity index (χ3n) is 7.98. The standard InChI is InChI=1S/C30H27F4N5O2/c1-29(2)24(13-25(29)40)35-14-16-9-22(30(32,33)34)26-23(10-16)37-28(41-26)18-6-4-5-17(11-18)20-8-7-19(31)12-21(20)27-38-36-15-39(27)3/h4-12,15,24-25,35,40H,13-14H2,1-3H3/t24-,25+/m1/s1. The molecule has 0 amide bonds. The second-order valence-corrected chi connectivity index (χ2v) is 11.1. The summed E-state index contributed by atoms with van der Waals surface area (Å²) in [4.78, 5) is 4.43. The zero-order valence-electron chi connectivity index (χ0n) is 22.5. The Morgan fingerprint density at radius 1 is 1.07 bits per heavy atom. The maximum Gasteiger partial charge on any atom is 0.420 e. The number of oxazole rings is 1. The van der Waals surface area contributed by atoms with Gasteiger partial charge >= 0.3 is 6.18 Å². The van der Waals surface area contributed by atoms with Gasteiger partial charge in [-0.25, -0.2) is 9.37 Å². The van der Waals surface area contributed by atoms with Gasteiger partial charge in [-0.2, -0.15) is 13.2 Å². The third kappa shape index (κ3) is 4.89. The number of nitrogens with one attached hydrogen (secondary N) is 1. The van der Waals surface area contributed by atoms with Crippen LogP contribution in [0.25, 0.3) is 45.1 Å². The molecule has 2 heterocycles. The first-order valence-corrected chi connectivity index (χ1v) is 13.1. The van der Waals surface area contributed by atoms with E-state index in [9.17, 15) is 22.7 Å². The largest absolute Gasteiger partial charge is 0.435 e. The van der Waals surface area contributed by atoms with Crippen LogP contribution < -0.4 is 5.32 Å². The second-order valence-electron chi connectivity index (χ2n) is 11.1. The minimum absolute atomic E-state index is 0.0176. The van der Waals surface area contributed by atoms with E-state index in [1.165, 1.54) is 18.5 Å². The number of hydrogen-bond acceptors (Lipinski definition) is 6. The van der Waals surface area contributed by atoms with E-state index in [0.717, 1.165) is 6.07 Å². The lowest BCUT2D eigenvalue weighted by atomic mass is 9.64. The zero-order chi connectivity index (χ0) is 29.1. The number of nitrogens with zero attached hydrogens (tertiary/aromatic N) is 4. The summed E-state index contributed by atoms with van der Waals surface area (Å²) in [5, 5.41) is 21.2. The Morgan fingerprint density at radius 3 is 2.54 bits per heavy atom. The highest BCUT2D eigenvalue weighted by molar-refractivity contribution is 5.84. The van der Waals surface area contributed by atoms with Crippen molar-refractivity contribution in [1.82, 2.24) is 25.1 Å². The lowest BCUT2D eigenvalue weighted by Crippen LogP contribution is -2.59. The first-order valence-electron chi connectivity index (χ1n) is 13.1. The van der Waals surface area contributed by atoms with Crippen LogP contribution in [0, 0.1) is 11.2 Å². The molecule has 0 bridgehead atoms. The summed E-state index contributed by atoms with van der Waals surface area (Å²) in [7, 11) is 1.75. The minimum atomic E-state index is -4.65. The van der Waals surface area contributed by atoms with E-state index >= 15 is 0 Å². The van der Waals surface area contributed by atoms with Gasteiger partial charge in [0.1, 0.15) is 23.2 Å². The SMILES string of the molecule is Cn1cnnc1-c1cc(F)ccc1-c1cccc(-c2nc3cc(CN[C@@H]4C[C@H](O)C4(C)C)cc(C(F)(F)F)c3o2)c1. The monoisotopic (exact) mass is 565 g/mol. The van der Waals surface area contributed by atoms with E-state index in [-0.39, 0.29) is 35.0 Å². The van der Waals surface area contributed by atoms with Crippen LogP contribution in [0.5, 0.6) is 0 Å². The van der Waals surface area contributed by atoms with E-state index in [1.807, 2.05) is 19.9 Å². The number of aliphatic hydroxyl groups is 1. The number of benzene rings is 3. The van der Waals surface area contributed by atoms with Crippen molar-refractivity contribution in [1.29, 1.82) is 0 Å². The third-order valence-corrected chi connectivity index (χ3v) is 7.98. The molecule has 5 aromatic rings. The molecule has 6 rings (SSSR count).